The van der Waals surface area contributed by atoms with Crippen LogP contribution in [-0.2, 0) is 0 Å². The molecule has 0 bridgehead atoms. The van der Waals surface area contributed by atoms with Gasteiger partial charge in [0.25, 0.3) is 0 Å². The third kappa shape index (κ3) is 4.24. The Kier molecular flexibility index (Phi) is 6.63. The Labute approximate surface area is 96.5 Å². The Balaban J connectivity index is 0.000000921. The Morgan fingerprint density at radius 1 is 1.13 bits per heavy atom. The lowest BCUT2D eigenvalue weighted by atomic mass is 9.75. The van der Waals surface area contributed by atoms with Gasteiger partial charge in [-0.25, -0.2) is 0 Å². The third-order valence-electron chi connectivity index (χ3n) is 2.99. The maximum atomic E-state index is 2.44. The zero-order valence-electron chi connectivity index (χ0n) is 11.5. The molecule has 88 valence electrons. The fraction of sp³-hybridized carbons (Fsp3) is 0.733. The zero-order chi connectivity index (χ0) is 11.9. The minimum absolute atomic E-state index is 0.385. The molecule has 1 aliphatic rings. The van der Waals surface area contributed by atoms with E-state index in [1.807, 2.05) is 13.8 Å². The molecule has 0 heteroatoms. The Hall–Kier alpha value is -0.520. The highest BCUT2D eigenvalue weighted by Gasteiger charge is 2.23. The summed E-state index contributed by atoms with van der Waals surface area (Å²) >= 11 is 0. The monoisotopic (exact) mass is 208 g/mol. The predicted molar refractivity (Wildman–Crippen MR) is 71.1 cm³/mol. The highest BCUT2D eigenvalue weighted by molar-refractivity contribution is 5.36. The summed E-state index contributed by atoms with van der Waals surface area (Å²) in [6, 6.07) is 0. The fourth-order valence-electron chi connectivity index (χ4n) is 2.37. The van der Waals surface area contributed by atoms with Gasteiger partial charge in [-0.15, -0.1) is 0 Å². The van der Waals surface area contributed by atoms with E-state index in [0.717, 1.165) is 0 Å². The smallest absolute Gasteiger partial charge is 0.0104 e. The molecule has 0 unspecified atom stereocenters. The maximum Gasteiger partial charge on any atom is -0.0104 e. The van der Waals surface area contributed by atoms with E-state index in [0.29, 0.717) is 5.41 Å². The van der Waals surface area contributed by atoms with Crippen LogP contribution in [0.2, 0.25) is 0 Å². The van der Waals surface area contributed by atoms with Gasteiger partial charge in [-0.2, -0.15) is 0 Å². The minimum atomic E-state index is 0.385. The van der Waals surface area contributed by atoms with Gasteiger partial charge in [0.1, 0.15) is 0 Å². The largest absolute Gasteiger partial charge is 0.0810 e. The molecule has 0 N–H and O–H groups in total. The lowest BCUT2D eigenvalue weighted by molar-refractivity contribution is 0.404. The molecule has 0 nitrogen and oxygen atoms in total. The van der Waals surface area contributed by atoms with E-state index in [-0.39, 0.29) is 0 Å². The first-order valence-electron chi connectivity index (χ1n) is 6.45. The molecule has 1 aliphatic carbocycles. The van der Waals surface area contributed by atoms with Crippen LogP contribution in [0.1, 0.15) is 67.2 Å². The van der Waals surface area contributed by atoms with Crippen LogP contribution in [-0.4, -0.2) is 0 Å². The molecular weight excluding hydrogens is 180 g/mol. The number of hydrogen-bond acceptors (Lipinski definition) is 0. The van der Waals surface area contributed by atoms with Crippen molar-refractivity contribution >= 4 is 0 Å². The fourth-order valence-corrected chi connectivity index (χ4v) is 2.37. The van der Waals surface area contributed by atoms with Crippen LogP contribution in [0.5, 0.6) is 0 Å². The van der Waals surface area contributed by atoms with Gasteiger partial charge in [-0.05, 0) is 37.2 Å². The molecule has 0 aliphatic heterocycles. The topological polar surface area (TPSA) is 0 Å². The van der Waals surface area contributed by atoms with Crippen molar-refractivity contribution in [2.75, 3.05) is 0 Å². The molecule has 15 heavy (non-hydrogen) atoms. The van der Waals surface area contributed by atoms with Crippen molar-refractivity contribution in [3.63, 3.8) is 0 Å². The van der Waals surface area contributed by atoms with Gasteiger partial charge in [0.05, 0.1) is 0 Å². The first-order valence-corrected chi connectivity index (χ1v) is 6.45. The van der Waals surface area contributed by atoms with Crippen molar-refractivity contribution in [2.45, 2.75) is 67.2 Å². The van der Waals surface area contributed by atoms with Crippen LogP contribution in [0.4, 0.5) is 0 Å². The van der Waals surface area contributed by atoms with Crippen molar-refractivity contribution in [2.24, 2.45) is 5.41 Å². The number of hydrogen-bond donors (Lipinski definition) is 0. The van der Waals surface area contributed by atoms with Gasteiger partial charge in [-0.3, -0.25) is 0 Å². The summed E-state index contributed by atoms with van der Waals surface area (Å²) in [4.78, 5) is 0. The molecule has 0 saturated carbocycles. The van der Waals surface area contributed by atoms with E-state index in [4.69, 9.17) is 0 Å². The van der Waals surface area contributed by atoms with Crippen LogP contribution in [0.3, 0.4) is 0 Å². The van der Waals surface area contributed by atoms with Crippen molar-refractivity contribution in [1.82, 2.24) is 0 Å². The van der Waals surface area contributed by atoms with Crippen LogP contribution in [0, 0.1) is 5.41 Å². The van der Waals surface area contributed by atoms with Gasteiger partial charge in [-0.1, -0.05) is 58.8 Å². The normalized spacial score (nSPS) is 16.1. The molecule has 0 amide bonds. The van der Waals surface area contributed by atoms with Crippen LogP contribution < -0.4 is 0 Å². The molecule has 0 heterocycles. The third-order valence-corrected chi connectivity index (χ3v) is 2.99. The lowest BCUT2D eigenvalue weighted by Gasteiger charge is -2.30. The molecule has 1 rings (SSSR count). The second kappa shape index (κ2) is 6.87. The van der Waals surface area contributed by atoms with Crippen molar-refractivity contribution in [3.05, 3.63) is 23.3 Å². The average molecular weight is 208 g/mol. The summed E-state index contributed by atoms with van der Waals surface area (Å²) in [5, 5.41) is 0. The molecular formula is C15H28. The lowest BCUT2D eigenvalue weighted by Crippen LogP contribution is -2.16. The SMILES string of the molecule is CC.CCCC(C)(C)C1=CCCC=C1C. The van der Waals surface area contributed by atoms with E-state index >= 15 is 0 Å². The maximum absolute atomic E-state index is 2.44. The average Bonchev–Trinajstić information content (AvgIpc) is 2.21. The summed E-state index contributed by atoms with van der Waals surface area (Å²) in [6.45, 7) is 13.3. The summed E-state index contributed by atoms with van der Waals surface area (Å²) in [5.41, 5.74) is 3.47. The number of rotatable bonds is 3. The van der Waals surface area contributed by atoms with Crippen molar-refractivity contribution in [1.29, 1.82) is 0 Å². The van der Waals surface area contributed by atoms with Gasteiger partial charge in [0.15, 0.2) is 0 Å². The van der Waals surface area contributed by atoms with Crippen LogP contribution in [0.15, 0.2) is 23.3 Å². The molecule has 0 aromatic heterocycles. The zero-order valence-corrected chi connectivity index (χ0v) is 11.5. The van der Waals surface area contributed by atoms with E-state index < -0.39 is 0 Å². The number of allylic oxidation sites excluding steroid dienone is 4. The molecule has 0 saturated heterocycles. The molecule has 0 fully saturated rings. The summed E-state index contributed by atoms with van der Waals surface area (Å²) in [6.07, 6.45) is 9.86. The quantitative estimate of drug-likeness (QED) is 0.574. The summed E-state index contributed by atoms with van der Waals surface area (Å²) in [5.74, 6) is 0. The summed E-state index contributed by atoms with van der Waals surface area (Å²) < 4.78 is 0. The minimum Gasteiger partial charge on any atom is -0.0810 e. The van der Waals surface area contributed by atoms with Crippen molar-refractivity contribution in [3.8, 4) is 0 Å². The van der Waals surface area contributed by atoms with Gasteiger partial charge in [0, 0.05) is 0 Å². The van der Waals surface area contributed by atoms with Crippen LogP contribution >= 0.6 is 0 Å². The van der Waals surface area contributed by atoms with E-state index in [1.165, 1.54) is 31.3 Å². The highest BCUT2D eigenvalue weighted by Crippen LogP contribution is 2.38. The van der Waals surface area contributed by atoms with Gasteiger partial charge >= 0.3 is 0 Å². The Bertz CT molecular complexity index is 228. The second-order valence-electron chi connectivity index (χ2n) is 4.72. The first-order chi connectivity index (χ1) is 7.08. The second-order valence-corrected chi connectivity index (χ2v) is 4.72. The molecule has 0 aromatic carbocycles. The molecule has 0 aromatic rings. The first kappa shape index (κ1) is 14.5. The van der Waals surface area contributed by atoms with E-state index in [1.54, 1.807) is 5.57 Å². The predicted octanol–water partition coefficient (Wildman–Crippen LogP) is 5.51. The van der Waals surface area contributed by atoms with E-state index in [2.05, 4.69) is 39.8 Å². The van der Waals surface area contributed by atoms with Gasteiger partial charge in [0.2, 0.25) is 0 Å². The Morgan fingerprint density at radius 3 is 2.13 bits per heavy atom. The molecule has 0 radical (unpaired) electrons. The highest BCUT2D eigenvalue weighted by atomic mass is 14.3. The van der Waals surface area contributed by atoms with Crippen LogP contribution in [0.25, 0.3) is 0 Å². The van der Waals surface area contributed by atoms with Crippen molar-refractivity contribution < 1.29 is 0 Å². The standard InChI is InChI=1S/C13H22.C2H6/c1-5-10-13(3,4)12-9-7-6-8-11(12)2;1-2/h8-9H,5-7,10H2,1-4H3;1-2H3. The van der Waals surface area contributed by atoms with E-state index in [9.17, 15) is 0 Å². The summed E-state index contributed by atoms with van der Waals surface area (Å²) in [7, 11) is 0. The molecule has 0 atom stereocenters. The van der Waals surface area contributed by atoms with Gasteiger partial charge < -0.3 is 0 Å². The Morgan fingerprint density at radius 2 is 1.67 bits per heavy atom. The molecule has 0 spiro atoms.